The zero-order chi connectivity index (χ0) is 45.2. The van der Waals surface area contributed by atoms with E-state index in [1.54, 1.807) is 28.8 Å². The van der Waals surface area contributed by atoms with E-state index >= 15 is 0 Å². The van der Waals surface area contributed by atoms with Crippen LogP contribution in [0.5, 0.6) is 0 Å². The molecule has 1 aromatic carbocycles. The number of rotatable bonds is 8. The molecule has 4 N–H and O–H groups in total. The third-order valence-corrected chi connectivity index (χ3v) is 12.0. The van der Waals surface area contributed by atoms with Crippen molar-refractivity contribution in [2.24, 2.45) is 0 Å². The Morgan fingerprint density at radius 3 is 1.87 bits per heavy atom. The molecule has 26 heteroatoms. The lowest BCUT2D eigenvalue weighted by atomic mass is 10.2. The minimum atomic E-state index is -5.08. The Hall–Kier alpha value is -5.47. The molecule has 5 aromatic rings. The molecule has 1 aliphatic rings. The van der Waals surface area contributed by atoms with Crippen LogP contribution in [0, 0.1) is 6.92 Å². The second-order valence-corrected chi connectivity index (χ2v) is 16.1. The summed E-state index contributed by atoms with van der Waals surface area (Å²) in [5, 5.41) is 25.0. The van der Waals surface area contributed by atoms with Gasteiger partial charge in [0.25, 0.3) is 10.0 Å². The topological polar surface area (TPSA) is 197 Å². The summed E-state index contributed by atoms with van der Waals surface area (Å²) in [6.07, 6.45) is -13.3. The van der Waals surface area contributed by atoms with Crippen LogP contribution in [-0.2, 0) is 31.0 Å². The number of halogens is 9. The fourth-order valence-corrected chi connectivity index (χ4v) is 8.53. The third kappa shape index (κ3) is 13.8. The predicted molar refractivity (Wildman–Crippen MR) is 201 cm³/mol. The predicted octanol–water partition coefficient (Wildman–Crippen LogP) is 7.49. The molecule has 1 fully saturated rings. The zero-order valence-electron chi connectivity index (χ0n) is 30.8. The van der Waals surface area contributed by atoms with E-state index in [1.807, 2.05) is 44.3 Å². The number of sulfonamides is 1. The molecule has 0 amide bonds. The van der Waals surface area contributed by atoms with Crippen molar-refractivity contribution in [3.05, 3.63) is 76.7 Å². The van der Waals surface area contributed by atoms with Gasteiger partial charge >= 0.3 is 36.4 Å². The van der Waals surface area contributed by atoms with Gasteiger partial charge in [0.15, 0.2) is 0 Å². The van der Waals surface area contributed by atoms with Gasteiger partial charge < -0.3 is 25.2 Å². The quantitative estimate of drug-likeness (QED) is 0.112. The van der Waals surface area contributed by atoms with Crippen LogP contribution >= 0.6 is 22.7 Å². The second kappa shape index (κ2) is 20.2. The first-order valence-electron chi connectivity index (χ1n) is 16.7. The number of para-hydroxylation sites is 1. The maximum Gasteiger partial charge on any atom is 0.490 e. The molecule has 1 saturated heterocycles. The largest absolute Gasteiger partial charge is 0.490 e. The van der Waals surface area contributed by atoms with Gasteiger partial charge in [-0.3, -0.25) is 9.21 Å². The lowest BCUT2D eigenvalue weighted by Gasteiger charge is -2.35. The monoisotopic (exact) mass is 920 g/mol. The highest BCUT2D eigenvalue weighted by Gasteiger charge is 2.39. The number of aryl methyl sites for hydroxylation is 1. The molecular weight excluding hydrogens is 888 g/mol. The number of aromatic amines is 1. The molecule has 0 saturated carbocycles. The van der Waals surface area contributed by atoms with E-state index in [1.165, 1.54) is 20.5 Å². The van der Waals surface area contributed by atoms with E-state index < -0.39 is 46.5 Å². The highest BCUT2D eigenvalue weighted by atomic mass is 32.2. The molecule has 60 heavy (non-hydrogen) atoms. The summed E-state index contributed by atoms with van der Waals surface area (Å²) in [7, 11) is -3.64. The van der Waals surface area contributed by atoms with Gasteiger partial charge in [-0.25, -0.2) is 32.8 Å². The number of aromatic nitrogens is 3. The van der Waals surface area contributed by atoms with Crippen LogP contribution in [0.25, 0.3) is 21.6 Å². The van der Waals surface area contributed by atoms with E-state index in [9.17, 15) is 47.9 Å². The summed E-state index contributed by atoms with van der Waals surface area (Å²) < 4.78 is 124. The molecule has 6 rings (SSSR count). The van der Waals surface area contributed by atoms with Crippen molar-refractivity contribution in [2.75, 3.05) is 41.9 Å². The standard InChI is InChI=1S/C28H30N6O2S3.3C2HF3O2/c1-3-34(39(35,36)26-11-6-16-37-26)24-9-5-8-21-17-23(31-27(21)24)28-29-18-22(38-28)19-32-12-14-33(15-13-32)25-10-4-7-20(2)30-25;3*3-2(4,5)1(6)7/h4-11,16-18,31H,3,12-15,19H2,1-2H3;3*(H,6,7). The summed E-state index contributed by atoms with van der Waals surface area (Å²) in [6.45, 7) is 8.95. The van der Waals surface area contributed by atoms with Gasteiger partial charge in [0, 0.05) is 61.4 Å². The summed E-state index contributed by atoms with van der Waals surface area (Å²) in [5.74, 6) is -7.22. The lowest BCUT2D eigenvalue weighted by Crippen LogP contribution is -2.46. The maximum absolute atomic E-state index is 13.4. The Morgan fingerprint density at radius 2 is 1.38 bits per heavy atom. The Morgan fingerprint density at radius 1 is 0.833 bits per heavy atom. The van der Waals surface area contributed by atoms with E-state index in [4.69, 9.17) is 34.7 Å². The highest BCUT2D eigenvalue weighted by molar-refractivity contribution is 7.94. The van der Waals surface area contributed by atoms with Crippen LogP contribution in [0.15, 0.2) is 70.4 Å². The maximum atomic E-state index is 13.4. The number of H-pyrrole nitrogens is 1. The van der Waals surface area contributed by atoms with Crippen molar-refractivity contribution in [2.45, 2.75) is 43.1 Å². The summed E-state index contributed by atoms with van der Waals surface area (Å²) >= 11 is 2.91. The minimum Gasteiger partial charge on any atom is -0.475 e. The van der Waals surface area contributed by atoms with Crippen molar-refractivity contribution in [3.63, 3.8) is 0 Å². The van der Waals surface area contributed by atoms with Gasteiger partial charge in [0.1, 0.15) is 15.0 Å². The number of thiazole rings is 1. The number of hydrogen-bond acceptors (Lipinski definition) is 11. The first-order valence-corrected chi connectivity index (χ1v) is 19.8. The number of carbonyl (C=O) groups is 3. The van der Waals surface area contributed by atoms with E-state index in [0.29, 0.717) is 16.4 Å². The van der Waals surface area contributed by atoms with Gasteiger partial charge in [-0.2, -0.15) is 39.5 Å². The van der Waals surface area contributed by atoms with Crippen LogP contribution in [0.4, 0.5) is 51.0 Å². The molecule has 328 valence electrons. The number of piperazine rings is 1. The SMILES string of the molecule is CCN(c1cccc2cc(-c3ncc(CN4CCN(c5cccc(C)n5)CC4)s3)[nH]c12)S(=O)(=O)c1cccs1.O=C(O)C(F)(F)F.O=C(O)C(F)(F)F.O=C(O)C(F)(F)F. The molecular formula is C34H33F9N6O8S3. The molecule has 0 spiro atoms. The number of thiophene rings is 1. The average molecular weight is 921 g/mol. The van der Waals surface area contributed by atoms with Gasteiger partial charge in [0.05, 0.1) is 16.9 Å². The van der Waals surface area contributed by atoms with Gasteiger partial charge in [0.2, 0.25) is 0 Å². The highest BCUT2D eigenvalue weighted by Crippen LogP contribution is 2.35. The molecule has 1 aliphatic heterocycles. The number of carboxylic acid groups (broad SMARTS) is 3. The van der Waals surface area contributed by atoms with E-state index in [0.717, 1.165) is 65.8 Å². The number of pyridine rings is 1. The molecule has 0 bridgehead atoms. The van der Waals surface area contributed by atoms with Gasteiger partial charge in [-0.15, -0.1) is 22.7 Å². The summed E-state index contributed by atoms with van der Waals surface area (Å²) in [5.41, 5.74) is 3.39. The summed E-state index contributed by atoms with van der Waals surface area (Å²) in [4.78, 5) is 45.6. The Labute approximate surface area is 342 Å². The fraction of sp³-hybridized carbons (Fsp3) is 0.324. The third-order valence-electron chi connectivity index (χ3n) is 7.69. The number of alkyl halides is 9. The second-order valence-electron chi connectivity index (χ2n) is 12.0. The molecule has 0 atom stereocenters. The number of nitrogens with zero attached hydrogens (tertiary/aromatic N) is 5. The van der Waals surface area contributed by atoms with Gasteiger partial charge in [-0.05, 0) is 49.6 Å². The average Bonchev–Trinajstić information content (AvgIpc) is 3.94. The summed E-state index contributed by atoms with van der Waals surface area (Å²) in [6, 6.07) is 17.4. The van der Waals surface area contributed by atoms with E-state index in [2.05, 4.69) is 38.0 Å². The molecule has 14 nitrogen and oxygen atoms in total. The van der Waals surface area contributed by atoms with Crippen LogP contribution < -0.4 is 9.21 Å². The Kier molecular flexibility index (Phi) is 16.5. The fourth-order valence-electron chi connectivity index (χ4n) is 5.02. The van der Waals surface area contributed by atoms with Crippen LogP contribution in [0.3, 0.4) is 0 Å². The first kappa shape index (κ1) is 48.9. The number of benzene rings is 1. The van der Waals surface area contributed by atoms with Crippen molar-refractivity contribution in [3.8, 4) is 10.7 Å². The normalized spacial score (nSPS) is 13.6. The van der Waals surface area contributed by atoms with Crippen molar-refractivity contribution >= 4 is 73.0 Å². The zero-order valence-corrected chi connectivity index (χ0v) is 33.3. The number of fused-ring (bicyclic) bond motifs is 1. The molecule has 5 heterocycles. The van der Waals surface area contributed by atoms with Gasteiger partial charge in [-0.1, -0.05) is 24.3 Å². The van der Waals surface area contributed by atoms with E-state index in [-0.39, 0.29) is 0 Å². The molecule has 0 radical (unpaired) electrons. The van der Waals surface area contributed by atoms with Crippen LogP contribution in [-0.4, -0.2) is 113 Å². The molecule has 0 aliphatic carbocycles. The lowest BCUT2D eigenvalue weighted by molar-refractivity contribution is -0.193. The Bertz CT molecular complexity index is 2270. The number of hydrogen-bond donors (Lipinski definition) is 4. The van der Waals surface area contributed by atoms with Crippen LogP contribution in [0.1, 0.15) is 17.5 Å². The Balaban J connectivity index is 0.000000377. The number of nitrogens with one attached hydrogen (secondary N) is 1. The van der Waals surface area contributed by atoms with Crippen molar-refractivity contribution in [1.29, 1.82) is 0 Å². The molecule has 4 aromatic heterocycles. The number of aliphatic carboxylic acids is 3. The minimum absolute atomic E-state index is 0.336. The number of carboxylic acids is 3. The van der Waals surface area contributed by atoms with Crippen LogP contribution in [0.2, 0.25) is 0 Å². The van der Waals surface area contributed by atoms with Crippen molar-refractivity contribution in [1.82, 2.24) is 19.9 Å². The number of anilines is 2. The smallest absolute Gasteiger partial charge is 0.475 e. The first-order chi connectivity index (χ1) is 27.7. The molecule has 0 unspecified atom stereocenters. The van der Waals surface area contributed by atoms with Crippen molar-refractivity contribution < 1.29 is 77.6 Å².